The lowest BCUT2D eigenvalue weighted by Crippen LogP contribution is -2.36. The van der Waals surface area contributed by atoms with Crippen molar-refractivity contribution in [2.24, 2.45) is 0 Å². The van der Waals surface area contributed by atoms with Crippen LogP contribution in [-0.2, 0) is 11.3 Å². The van der Waals surface area contributed by atoms with Crippen LogP contribution in [0, 0.1) is 0 Å². The van der Waals surface area contributed by atoms with Crippen LogP contribution in [0.15, 0.2) is 48.8 Å². The van der Waals surface area contributed by atoms with Gasteiger partial charge in [-0.05, 0) is 35.9 Å². The number of ether oxygens (including phenoxy) is 1. The molecule has 0 aliphatic rings. The number of carbonyl (C=O) groups is 2. The minimum Gasteiger partial charge on any atom is -0.497 e. The lowest BCUT2D eigenvalue weighted by Gasteiger charge is -2.08. The summed E-state index contributed by atoms with van der Waals surface area (Å²) in [4.78, 5) is 27.5. The van der Waals surface area contributed by atoms with Crippen molar-refractivity contribution in [1.82, 2.24) is 15.6 Å². The summed E-state index contributed by atoms with van der Waals surface area (Å²) in [6.45, 7) is 0.317. The zero-order valence-electron chi connectivity index (χ0n) is 12.2. The molecule has 2 N–H and O–H groups in total. The van der Waals surface area contributed by atoms with Crippen LogP contribution in [0.1, 0.15) is 15.9 Å². The molecule has 0 saturated heterocycles. The highest BCUT2D eigenvalue weighted by molar-refractivity contribution is 5.96. The Bertz CT molecular complexity index is 644. The van der Waals surface area contributed by atoms with Crippen molar-refractivity contribution in [1.29, 1.82) is 0 Å². The number of carbonyl (C=O) groups excluding carboxylic acids is 2. The molecular formula is C16H17N3O3. The molecule has 0 unspecified atom stereocenters. The first-order valence-corrected chi connectivity index (χ1v) is 6.77. The number of amides is 2. The highest BCUT2D eigenvalue weighted by atomic mass is 16.5. The summed E-state index contributed by atoms with van der Waals surface area (Å²) in [6, 6.07) is 10.4. The van der Waals surface area contributed by atoms with Gasteiger partial charge < -0.3 is 15.4 Å². The van der Waals surface area contributed by atoms with E-state index in [-0.39, 0.29) is 18.4 Å². The summed E-state index contributed by atoms with van der Waals surface area (Å²) in [6.07, 6.45) is 3.32. The molecule has 1 heterocycles. The highest BCUT2D eigenvalue weighted by Gasteiger charge is 2.08. The number of rotatable bonds is 6. The van der Waals surface area contributed by atoms with Crippen LogP contribution in [0.3, 0.4) is 0 Å². The molecule has 2 rings (SSSR count). The van der Waals surface area contributed by atoms with Crippen molar-refractivity contribution in [3.05, 3.63) is 59.9 Å². The van der Waals surface area contributed by atoms with Crippen LogP contribution in [0.2, 0.25) is 0 Å². The quantitative estimate of drug-likeness (QED) is 0.838. The molecule has 6 heteroatoms. The SMILES string of the molecule is COc1cccc(C(=O)NCC(=O)NCc2ccncc2)c1. The van der Waals surface area contributed by atoms with Crippen molar-refractivity contribution in [3.8, 4) is 5.75 Å². The molecule has 0 bridgehead atoms. The molecule has 2 amide bonds. The standard InChI is InChI=1S/C16H17N3O3/c1-22-14-4-2-3-13(9-14)16(21)19-11-15(20)18-10-12-5-7-17-8-6-12/h2-9H,10-11H2,1H3,(H,18,20)(H,19,21). The first-order valence-electron chi connectivity index (χ1n) is 6.77. The Balaban J connectivity index is 1.79. The molecule has 0 aliphatic heterocycles. The molecule has 1 aromatic heterocycles. The maximum absolute atomic E-state index is 11.9. The average Bonchev–Trinajstić information content (AvgIpc) is 2.58. The third kappa shape index (κ3) is 4.59. The van der Waals surface area contributed by atoms with Gasteiger partial charge in [-0.2, -0.15) is 0 Å². The van der Waals surface area contributed by atoms with Crippen molar-refractivity contribution in [2.75, 3.05) is 13.7 Å². The number of hydrogen-bond donors (Lipinski definition) is 2. The second kappa shape index (κ2) is 7.78. The number of hydrogen-bond acceptors (Lipinski definition) is 4. The molecule has 0 saturated carbocycles. The molecule has 2 aromatic rings. The van der Waals surface area contributed by atoms with Gasteiger partial charge in [-0.15, -0.1) is 0 Å². The minimum atomic E-state index is -0.321. The van der Waals surface area contributed by atoms with E-state index in [1.54, 1.807) is 36.7 Å². The van der Waals surface area contributed by atoms with Gasteiger partial charge in [0.15, 0.2) is 0 Å². The first-order chi connectivity index (χ1) is 10.7. The van der Waals surface area contributed by atoms with Gasteiger partial charge in [0.1, 0.15) is 5.75 Å². The molecule has 0 fully saturated rings. The van der Waals surface area contributed by atoms with Crippen molar-refractivity contribution in [2.45, 2.75) is 6.54 Å². The Labute approximate surface area is 128 Å². The number of aromatic nitrogens is 1. The fourth-order valence-corrected chi connectivity index (χ4v) is 1.79. The van der Waals surface area contributed by atoms with E-state index < -0.39 is 0 Å². The molecule has 114 valence electrons. The Morgan fingerprint density at radius 1 is 1.14 bits per heavy atom. The van der Waals surface area contributed by atoms with E-state index in [0.717, 1.165) is 5.56 Å². The smallest absolute Gasteiger partial charge is 0.251 e. The summed E-state index contributed by atoms with van der Waals surface area (Å²) >= 11 is 0. The van der Waals surface area contributed by atoms with E-state index in [9.17, 15) is 9.59 Å². The van der Waals surface area contributed by atoms with E-state index in [0.29, 0.717) is 17.9 Å². The van der Waals surface area contributed by atoms with Crippen molar-refractivity contribution >= 4 is 11.8 Å². The minimum absolute atomic E-state index is 0.0822. The van der Waals surface area contributed by atoms with E-state index in [2.05, 4.69) is 15.6 Å². The number of nitrogens with one attached hydrogen (secondary N) is 2. The number of nitrogens with zero attached hydrogens (tertiary/aromatic N) is 1. The Morgan fingerprint density at radius 2 is 1.91 bits per heavy atom. The fraction of sp³-hybridized carbons (Fsp3) is 0.188. The first kappa shape index (κ1) is 15.5. The second-order valence-corrected chi connectivity index (χ2v) is 4.55. The number of benzene rings is 1. The molecule has 22 heavy (non-hydrogen) atoms. The average molecular weight is 299 g/mol. The third-order valence-corrected chi connectivity index (χ3v) is 2.98. The lowest BCUT2D eigenvalue weighted by molar-refractivity contribution is -0.120. The normalized spacial score (nSPS) is 9.86. The van der Waals surface area contributed by atoms with Gasteiger partial charge in [0.25, 0.3) is 5.91 Å². The monoisotopic (exact) mass is 299 g/mol. The summed E-state index contributed by atoms with van der Waals surface area (Å²) in [5, 5.41) is 5.29. The van der Waals surface area contributed by atoms with E-state index in [4.69, 9.17) is 4.74 Å². The van der Waals surface area contributed by atoms with Gasteiger partial charge in [0.05, 0.1) is 13.7 Å². The second-order valence-electron chi connectivity index (χ2n) is 4.55. The van der Waals surface area contributed by atoms with Gasteiger partial charge in [0.2, 0.25) is 5.91 Å². The van der Waals surface area contributed by atoms with Crippen molar-refractivity contribution < 1.29 is 14.3 Å². The van der Waals surface area contributed by atoms with Crippen LogP contribution in [0.5, 0.6) is 5.75 Å². The summed E-state index contributed by atoms with van der Waals surface area (Å²) in [5.41, 5.74) is 1.39. The van der Waals surface area contributed by atoms with Gasteiger partial charge in [0, 0.05) is 24.5 Å². The van der Waals surface area contributed by atoms with Gasteiger partial charge in [-0.1, -0.05) is 6.07 Å². The summed E-state index contributed by atoms with van der Waals surface area (Å²) < 4.78 is 5.05. The Hall–Kier alpha value is -2.89. The number of methoxy groups -OCH3 is 1. The van der Waals surface area contributed by atoms with Crippen LogP contribution in [-0.4, -0.2) is 30.5 Å². The summed E-state index contributed by atoms with van der Waals surface area (Å²) in [5.74, 6) is 0.0146. The zero-order chi connectivity index (χ0) is 15.8. The largest absolute Gasteiger partial charge is 0.497 e. The van der Waals surface area contributed by atoms with E-state index >= 15 is 0 Å². The van der Waals surface area contributed by atoms with Crippen LogP contribution >= 0.6 is 0 Å². The van der Waals surface area contributed by atoms with Gasteiger partial charge >= 0.3 is 0 Å². The zero-order valence-corrected chi connectivity index (χ0v) is 12.2. The van der Waals surface area contributed by atoms with Gasteiger partial charge in [-0.3, -0.25) is 14.6 Å². The maximum Gasteiger partial charge on any atom is 0.251 e. The number of pyridine rings is 1. The molecule has 0 aliphatic carbocycles. The molecule has 0 atom stereocenters. The van der Waals surface area contributed by atoms with E-state index in [1.807, 2.05) is 12.1 Å². The Morgan fingerprint density at radius 3 is 2.64 bits per heavy atom. The summed E-state index contributed by atoms with van der Waals surface area (Å²) in [7, 11) is 1.53. The predicted octanol–water partition coefficient (Wildman–Crippen LogP) is 1.14. The Kier molecular flexibility index (Phi) is 5.48. The van der Waals surface area contributed by atoms with Gasteiger partial charge in [-0.25, -0.2) is 0 Å². The fourth-order valence-electron chi connectivity index (χ4n) is 1.79. The molecule has 6 nitrogen and oxygen atoms in total. The molecular weight excluding hydrogens is 282 g/mol. The van der Waals surface area contributed by atoms with Crippen molar-refractivity contribution in [3.63, 3.8) is 0 Å². The maximum atomic E-state index is 11.9. The highest BCUT2D eigenvalue weighted by Crippen LogP contribution is 2.12. The molecule has 1 aromatic carbocycles. The lowest BCUT2D eigenvalue weighted by atomic mass is 10.2. The molecule has 0 spiro atoms. The van der Waals surface area contributed by atoms with Crippen LogP contribution in [0.4, 0.5) is 0 Å². The topological polar surface area (TPSA) is 80.3 Å². The van der Waals surface area contributed by atoms with E-state index in [1.165, 1.54) is 7.11 Å². The third-order valence-electron chi connectivity index (χ3n) is 2.98. The molecule has 0 radical (unpaired) electrons. The van der Waals surface area contributed by atoms with Crippen LogP contribution < -0.4 is 15.4 Å². The van der Waals surface area contributed by atoms with Crippen LogP contribution in [0.25, 0.3) is 0 Å². The predicted molar refractivity (Wildman–Crippen MR) is 81.4 cm³/mol.